The second-order valence-electron chi connectivity index (χ2n) is 7.50. The van der Waals surface area contributed by atoms with Gasteiger partial charge in [0.15, 0.2) is 0 Å². The smallest absolute Gasteiger partial charge is 0.333 e. The summed E-state index contributed by atoms with van der Waals surface area (Å²) in [5.74, 6) is 0.315. The van der Waals surface area contributed by atoms with Gasteiger partial charge in [0, 0.05) is 34.7 Å². The van der Waals surface area contributed by atoms with Crippen LogP contribution in [0.3, 0.4) is 0 Å². The summed E-state index contributed by atoms with van der Waals surface area (Å²) in [6.45, 7) is 0.307. The van der Waals surface area contributed by atoms with E-state index in [1.165, 1.54) is 6.33 Å². The Balaban J connectivity index is 1.51. The average Bonchev–Trinajstić information content (AvgIpc) is 3.28. The molecule has 9 nitrogen and oxygen atoms in total. The van der Waals surface area contributed by atoms with Gasteiger partial charge in [0.05, 0.1) is 18.1 Å². The van der Waals surface area contributed by atoms with Gasteiger partial charge >= 0.3 is 10.3 Å². The number of anilines is 1. The van der Waals surface area contributed by atoms with E-state index in [-0.39, 0.29) is 18.6 Å². The molecule has 0 radical (unpaired) electrons. The van der Waals surface area contributed by atoms with Crippen LogP contribution >= 0.6 is 23.2 Å². The quantitative estimate of drug-likeness (QED) is 0.468. The van der Waals surface area contributed by atoms with Crippen molar-refractivity contribution in [2.24, 2.45) is 11.1 Å². The fraction of sp³-hybridized carbons (Fsp3) is 0.368. The number of aliphatic hydroxyl groups excluding tert-OH is 1. The van der Waals surface area contributed by atoms with E-state index < -0.39 is 16.4 Å². The van der Waals surface area contributed by atoms with E-state index in [9.17, 15) is 13.5 Å². The van der Waals surface area contributed by atoms with E-state index in [2.05, 4.69) is 19.5 Å². The number of nitrogens with one attached hydrogen (secondary N) is 1. The predicted molar refractivity (Wildman–Crippen MR) is 118 cm³/mol. The molecule has 1 aliphatic rings. The van der Waals surface area contributed by atoms with E-state index in [0.717, 1.165) is 10.9 Å². The zero-order valence-electron chi connectivity index (χ0n) is 16.3. The van der Waals surface area contributed by atoms with Crippen LogP contribution in [0.15, 0.2) is 36.8 Å². The molecule has 1 saturated carbocycles. The lowest BCUT2D eigenvalue weighted by Crippen LogP contribution is -2.24. The van der Waals surface area contributed by atoms with E-state index in [4.69, 9.17) is 28.3 Å². The molecular formula is C19H21Cl2N5O4S. The molecule has 0 saturated heterocycles. The molecule has 0 unspecified atom stereocenters. The maximum Gasteiger partial charge on any atom is 0.333 e. The summed E-state index contributed by atoms with van der Waals surface area (Å²) in [4.78, 5) is 8.75. The van der Waals surface area contributed by atoms with Crippen LogP contribution < -0.4 is 10.5 Å². The molecule has 1 fully saturated rings. The molecule has 0 aliphatic heterocycles. The number of fused-ring (bicyclic) bond motifs is 1. The van der Waals surface area contributed by atoms with Gasteiger partial charge in [-0.1, -0.05) is 29.3 Å². The summed E-state index contributed by atoms with van der Waals surface area (Å²) in [6, 6.07) is 7.16. The van der Waals surface area contributed by atoms with Crippen LogP contribution in [0.4, 0.5) is 5.82 Å². The fourth-order valence-electron chi connectivity index (χ4n) is 3.91. The van der Waals surface area contributed by atoms with Gasteiger partial charge in [-0.15, -0.1) is 0 Å². The summed E-state index contributed by atoms with van der Waals surface area (Å²) in [7, 11) is -4.04. The van der Waals surface area contributed by atoms with Crippen molar-refractivity contribution >= 4 is 50.4 Å². The van der Waals surface area contributed by atoms with Gasteiger partial charge in [-0.3, -0.25) is 4.18 Å². The highest BCUT2D eigenvalue weighted by Gasteiger charge is 2.35. The minimum absolute atomic E-state index is 0.0601. The number of halogens is 2. The van der Waals surface area contributed by atoms with Crippen molar-refractivity contribution in [1.29, 1.82) is 0 Å². The lowest BCUT2D eigenvalue weighted by molar-refractivity contribution is 0.100. The van der Waals surface area contributed by atoms with Gasteiger partial charge in [-0.25, -0.2) is 15.1 Å². The molecule has 2 aromatic heterocycles. The molecule has 0 amide bonds. The maximum absolute atomic E-state index is 11.0. The first-order chi connectivity index (χ1) is 14.7. The third-order valence-electron chi connectivity index (χ3n) is 5.44. The lowest BCUT2D eigenvalue weighted by Gasteiger charge is -2.14. The Labute approximate surface area is 189 Å². The summed E-state index contributed by atoms with van der Waals surface area (Å²) in [5.41, 5.74) is 1.60. The Morgan fingerprint density at radius 3 is 2.81 bits per heavy atom. The molecule has 1 aromatic carbocycles. The highest BCUT2D eigenvalue weighted by atomic mass is 35.5. The first kappa shape index (κ1) is 22.3. The molecule has 4 N–H and O–H groups in total. The monoisotopic (exact) mass is 485 g/mol. The normalized spacial score (nSPS) is 21.6. The molecule has 0 spiro atoms. The third-order valence-corrected chi connectivity index (χ3v) is 6.49. The maximum atomic E-state index is 11.0. The summed E-state index contributed by atoms with van der Waals surface area (Å²) in [6.07, 6.45) is 3.65. The van der Waals surface area contributed by atoms with E-state index >= 15 is 0 Å². The number of aliphatic hydroxyl groups is 1. The molecule has 4 rings (SSSR count). The molecule has 31 heavy (non-hydrogen) atoms. The van der Waals surface area contributed by atoms with Crippen LogP contribution in [0.5, 0.6) is 0 Å². The van der Waals surface area contributed by atoms with Crippen molar-refractivity contribution in [2.75, 3.05) is 11.9 Å². The Morgan fingerprint density at radius 1 is 1.26 bits per heavy atom. The van der Waals surface area contributed by atoms with Crippen LogP contribution in [0.1, 0.15) is 24.4 Å². The van der Waals surface area contributed by atoms with Gasteiger partial charge in [0.2, 0.25) is 0 Å². The first-order valence-corrected chi connectivity index (χ1v) is 11.8. The van der Waals surface area contributed by atoms with Gasteiger partial charge in [0.1, 0.15) is 17.8 Å². The molecular weight excluding hydrogens is 465 g/mol. The molecule has 0 bridgehead atoms. The Kier molecular flexibility index (Phi) is 6.38. The molecule has 3 atom stereocenters. The number of nitrogens with two attached hydrogens (primary N) is 1. The Hall–Kier alpha value is -1.95. The van der Waals surface area contributed by atoms with E-state index in [1.807, 2.05) is 22.9 Å². The number of benzene rings is 1. The summed E-state index contributed by atoms with van der Waals surface area (Å²) >= 11 is 12.2. The second-order valence-corrected chi connectivity index (χ2v) is 9.57. The molecule has 166 valence electrons. The van der Waals surface area contributed by atoms with Gasteiger partial charge in [0.25, 0.3) is 0 Å². The zero-order chi connectivity index (χ0) is 22.2. The van der Waals surface area contributed by atoms with Gasteiger partial charge in [-0.2, -0.15) is 8.42 Å². The molecule has 1 aliphatic carbocycles. The molecule has 3 aromatic rings. The highest BCUT2D eigenvalue weighted by molar-refractivity contribution is 7.84. The van der Waals surface area contributed by atoms with E-state index in [0.29, 0.717) is 40.9 Å². The zero-order valence-corrected chi connectivity index (χ0v) is 18.6. The third kappa shape index (κ3) is 5.11. The topological polar surface area (TPSA) is 132 Å². The number of aromatic nitrogens is 3. The van der Waals surface area contributed by atoms with Crippen molar-refractivity contribution in [3.05, 3.63) is 52.4 Å². The number of rotatable bonds is 7. The largest absolute Gasteiger partial charge is 0.393 e. The highest BCUT2D eigenvalue weighted by Crippen LogP contribution is 2.37. The molecule has 12 heteroatoms. The van der Waals surface area contributed by atoms with Crippen molar-refractivity contribution in [1.82, 2.24) is 14.5 Å². The minimum Gasteiger partial charge on any atom is -0.393 e. The predicted octanol–water partition coefficient (Wildman–Crippen LogP) is 2.88. The van der Waals surface area contributed by atoms with Gasteiger partial charge < -0.3 is 15.0 Å². The Bertz CT molecular complexity index is 1200. The van der Waals surface area contributed by atoms with E-state index in [1.54, 1.807) is 12.1 Å². The number of nitrogens with zero attached hydrogens (tertiary/aromatic N) is 3. The van der Waals surface area contributed by atoms with Crippen LogP contribution in [0.2, 0.25) is 10.0 Å². The second kappa shape index (κ2) is 8.89. The van der Waals surface area contributed by atoms with Crippen molar-refractivity contribution < 1.29 is 17.7 Å². The minimum atomic E-state index is -4.04. The molecule has 2 heterocycles. The number of hydrogen-bond donors (Lipinski definition) is 3. The summed E-state index contributed by atoms with van der Waals surface area (Å²) in [5, 5.41) is 20.5. The summed E-state index contributed by atoms with van der Waals surface area (Å²) < 4.78 is 28.7. The Morgan fingerprint density at radius 2 is 2.06 bits per heavy atom. The van der Waals surface area contributed by atoms with Crippen molar-refractivity contribution in [2.45, 2.75) is 31.5 Å². The van der Waals surface area contributed by atoms with Crippen LogP contribution in [0, 0.1) is 5.92 Å². The van der Waals surface area contributed by atoms with Crippen molar-refractivity contribution in [3.63, 3.8) is 0 Å². The average molecular weight is 486 g/mol. The first-order valence-electron chi connectivity index (χ1n) is 9.56. The number of hydrogen-bond acceptors (Lipinski definition) is 7. The van der Waals surface area contributed by atoms with Gasteiger partial charge in [-0.05, 0) is 36.6 Å². The lowest BCUT2D eigenvalue weighted by atomic mass is 10.1. The fourth-order valence-corrected chi connectivity index (χ4v) is 4.75. The van der Waals surface area contributed by atoms with Crippen molar-refractivity contribution in [3.8, 4) is 0 Å². The van der Waals surface area contributed by atoms with Crippen LogP contribution in [0.25, 0.3) is 11.0 Å². The SMILES string of the molecule is NS(=O)(=O)OC[C@@H]1C[C@@H](n2ccc3c(NCc4ccc(Cl)cc4Cl)ncnc32)C[C@@H]1O. The van der Waals surface area contributed by atoms with Crippen LogP contribution in [-0.4, -0.2) is 40.8 Å². The standard InChI is InChI=1S/C19H21Cl2N5O4S/c20-13-2-1-11(16(21)6-13)8-23-18-15-3-4-26(19(15)25-10-24-18)14-5-12(17(27)7-14)9-30-31(22,28)29/h1-4,6,10,12,14,17,27H,5,7-9H2,(H2,22,28,29)(H,23,24,25)/t12-,14+,17-/m0/s1. The van der Waals surface area contributed by atoms with Crippen LogP contribution in [-0.2, 0) is 21.0 Å².